The molecule has 616 valence electrons. The number of aromatic nitrogens is 4. The van der Waals surface area contributed by atoms with Gasteiger partial charge in [0.05, 0.1) is 50.1 Å². The fraction of sp³-hybridized carbons (Fsp3) is 0.360. The molecule has 8 aliphatic rings. The van der Waals surface area contributed by atoms with Gasteiger partial charge in [-0.25, -0.2) is 0 Å². The molecule has 20 rings (SSSR count). The Morgan fingerprint density at radius 2 is 0.458 bits per heavy atom. The van der Waals surface area contributed by atoms with Crippen LogP contribution in [-0.4, -0.2) is 167 Å². The van der Waals surface area contributed by atoms with E-state index in [1.54, 1.807) is 0 Å². The van der Waals surface area contributed by atoms with E-state index in [1.807, 2.05) is 201 Å². The molecule has 0 radical (unpaired) electrons. The van der Waals surface area contributed by atoms with E-state index in [0.717, 1.165) is 111 Å². The number of carbonyl (C=O) groups is 8. The topological polar surface area (TPSA) is 250 Å². The second-order valence-corrected chi connectivity index (χ2v) is 35.7. The normalized spacial score (nSPS) is 28.4. The predicted molar refractivity (Wildman–Crippen MR) is 461 cm³/mol. The lowest BCUT2D eigenvalue weighted by Crippen LogP contribution is -2.67. The SMILES string of the molecule is COC(=O)[C@@]12CN(Cc3ccccc3)C[C@@](C)(C1=O)c1[nH]c3ccccc3c1[C@H]2C.COC(=O)[C@@]12CN(Cc3ccccc3)C[C@@](C)(C1=O)c1[nH]c3ccccc3c1[C@H]2C.COC(=O)[C@@]12CN(Cc3ccccc3)C[C@@](C)(C1=O)c1[nH]c3ccccc3c1[C@H]2C.COC(=O)[C@@]12CN(Cc3ccccc3)C[C@@](C)(C1=O)c1[nH]c3ccccc3c1[C@H]2C. The number of benzene rings is 8. The third-order valence-electron chi connectivity index (χ3n) is 28.8. The van der Waals surface area contributed by atoms with Gasteiger partial charge in [-0.2, -0.15) is 0 Å². The molecule has 0 unspecified atom stereocenters. The van der Waals surface area contributed by atoms with Crippen molar-refractivity contribution < 1.29 is 57.3 Å². The minimum atomic E-state index is -1.21. The van der Waals surface area contributed by atoms with Crippen molar-refractivity contribution in [2.75, 3.05) is 80.8 Å². The molecule has 8 heterocycles. The van der Waals surface area contributed by atoms with Crippen molar-refractivity contribution in [2.45, 2.75) is 127 Å². The van der Waals surface area contributed by atoms with Crippen molar-refractivity contribution in [2.24, 2.45) is 21.7 Å². The van der Waals surface area contributed by atoms with E-state index in [2.05, 4.69) is 112 Å². The Balaban J connectivity index is 0.000000114. The Morgan fingerprint density at radius 3 is 0.642 bits per heavy atom. The highest BCUT2D eigenvalue weighted by Crippen LogP contribution is 2.61. The lowest BCUT2D eigenvalue weighted by molar-refractivity contribution is -0.170. The van der Waals surface area contributed by atoms with Crippen LogP contribution in [0.4, 0.5) is 0 Å². The van der Waals surface area contributed by atoms with E-state index in [0.29, 0.717) is 78.5 Å². The van der Waals surface area contributed by atoms with Gasteiger partial charge in [0.1, 0.15) is 21.7 Å². The van der Waals surface area contributed by atoms with Crippen LogP contribution in [-0.2, 0) is 105 Å². The number of nitrogens with one attached hydrogen (secondary N) is 4. The lowest BCUT2D eigenvalue weighted by Gasteiger charge is -2.54. The molecule has 20 nitrogen and oxygen atoms in total. The Kier molecular flexibility index (Phi) is 20.3. The minimum absolute atomic E-state index is 0.0299. The monoisotopic (exact) mass is 1610 g/mol. The zero-order chi connectivity index (χ0) is 84.4. The molecule has 4 N–H and O–H groups in total. The molecule has 4 aromatic heterocycles. The van der Waals surface area contributed by atoms with Crippen molar-refractivity contribution in [3.63, 3.8) is 0 Å². The first-order valence-electron chi connectivity index (χ1n) is 41.7. The molecule has 8 aromatic carbocycles. The number of aromatic amines is 4. The molecule has 12 atom stereocenters. The van der Waals surface area contributed by atoms with E-state index in [4.69, 9.17) is 18.9 Å². The first kappa shape index (κ1) is 80.7. The van der Waals surface area contributed by atoms with Crippen molar-refractivity contribution >= 4 is 90.6 Å². The Labute approximate surface area is 698 Å². The van der Waals surface area contributed by atoms with Gasteiger partial charge in [-0.05, 0) is 96.5 Å². The van der Waals surface area contributed by atoms with Gasteiger partial charge in [0.15, 0.2) is 23.1 Å². The molecule has 4 fully saturated rings. The van der Waals surface area contributed by atoms with Gasteiger partial charge < -0.3 is 38.9 Å². The number of methoxy groups -OCH3 is 4. The molecule has 12 aromatic rings. The number of H-pyrrole nitrogens is 4. The summed E-state index contributed by atoms with van der Waals surface area (Å²) in [5.41, 5.74) is 8.71. The van der Waals surface area contributed by atoms with E-state index >= 15 is 0 Å². The number of piperidine rings is 4. The smallest absolute Gasteiger partial charge is 0.321 e. The number of carbonyl (C=O) groups excluding carboxylic acids is 8. The van der Waals surface area contributed by atoms with Crippen LogP contribution in [0.15, 0.2) is 218 Å². The van der Waals surface area contributed by atoms with Crippen LogP contribution < -0.4 is 0 Å². The van der Waals surface area contributed by atoms with Gasteiger partial charge in [0, 0.05) is 169 Å². The maximum atomic E-state index is 14.0. The summed E-state index contributed by atoms with van der Waals surface area (Å²) in [6, 6.07) is 73.1. The number of para-hydroxylation sites is 4. The molecule has 8 bridgehead atoms. The number of Topliss-reactive ketones (excluding diaryl/α,β-unsaturated/α-hetero) is 4. The predicted octanol–water partition coefficient (Wildman–Crippen LogP) is 15.1. The fourth-order valence-corrected chi connectivity index (χ4v) is 23.1. The van der Waals surface area contributed by atoms with Crippen LogP contribution in [0.1, 0.15) is 146 Å². The minimum Gasteiger partial charge on any atom is -0.468 e. The molecule has 0 amide bonds. The Morgan fingerprint density at radius 1 is 0.283 bits per heavy atom. The second-order valence-electron chi connectivity index (χ2n) is 35.7. The number of ketones is 4. The zero-order valence-corrected chi connectivity index (χ0v) is 70.3. The number of fused-ring (bicyclic) bond motifs is 24. The van der Waals surface area contributed by atoms with Gasteiger partial charge in [-0.3, -0.25) is 58.0 Å². The number of likely N-dealkylation sites (tertiary alicyclic amines) is 4. The summed E-state index contributed by atoms with van der Waals surface area (Å²) >= 11 is 0. The molecule has 20 heteroatoms. The van der Waals surface area contributed by atoms with Crippen LogP contribution in [0.25, 0.3) is 43.6 Å². The third-order valence-corrected chi connectivity index (χ3v) is 28.8. The molecule has 0 saturated carbocycles. The maximum absolute atomic E-state index is 14.0. The highest BCUT2D eigenvalue weighted by atomic mass is 16.5. The summed E-state index contributed by atoms with van der Waals surface area (Å²) < 4.78 is 21.0. The molecule has 4 aliphatic heterocycles. The Bertz CT molecular complexity index is 5340. The number of rotatable bonds is 12. The molecular formula is C100H104N8O12. The number of hydrogen-bond donors (Lipinski definition) is 4. The van der Waals surface area contributed by atoms with Gasteiger partial charge in [-0.1, -0.05) is 222 Å². The number of esters is 4. The first-order valence-corrected chi connectivity index (χ1v) is 41.7. The fourth-order valence-electron chi connectivity index (χ4n) is 23.1. The molecule has 0 spiro atoms. The largest absolute Gasteiger partial charge is 0.468 e. The summed E-state index contributed by atoms with van der Waals surface area (Å²) in [6.07, 6.45) is 0. The standard InChI is InChI=1S/4C25H26N2O3/c4*1-16-20-18-11-7-8-12-19(18)26-21(20)24(2)14-27(13-17-9-5-4-6-10-17)15-25(16,22(24)28)23(29)30-3/h4*4-12,16,26H,13-15H2,1-3H3/t4*16-,24-,25-/m1111/s1. The van der Waals surface area contributed by atoms with Crippen LogP contribution in [0.5, 0.6) is 0 Å². The Hall–Kier alpha value is -11.7. The summed E-state index contributed by atoms with van der Waals surface area (Å²) in [5.74, 6) is -2.97. The van der Waals surface area contributed by atoms with Crippen LogP contribution in [0.3, 0.4) is 0 Å². The third kappa shape index (κ3) is 12.1. The van der Waals surface area contributed by atoms with Gasteiger partial charge in [-0.15, -0.1) is 0 Å². The summed E-state index contributed by atoms with van der Waals surface area (Å²) in [6.45, 7) is 22.3. The van der Waals surface area contributed by atoms with Gasteiger partial charge >= 0.3 is 23.9 Å². The van der Waals surface area contributed by atoms with Crippen molar-refractivity contribution in [3.8, 4) is 0 Å². The van der Waals surface area contributed by atoms with Gasteiger partial charge in [0.2, 0.25) is 0 Å². The lowest BCUT2D eigenvalue weighted by atomic mass is 9.53. The molecule has 120 heavy (non-hydrogen) atoms. The van der Waals surface area contributed by atoms with Crippen molar-refractivity contribution in [1.82, 2.24) is 39.5 Å². The number of hydrogen-bond acceptors (Lipinski definition) is 16. The van der Waals surface area contributed by atoms with E-state index in [1.165, 1.54) is 28.4 Å². The highest BCUT2D eigenvalue weighted by molar-refractivity contribution is 6.17. The average molecular weight is 1610 g/mol. The van der Waals surface area contributed by atoms with Crippen LogP contribution in [0.2, 0.25) is 0 Å². The first-order chi connectivity index (χ1) is 57.7. The number of ether oxygens (including phenoxy) is 4. The maximum Gasteiger partial charge on any atom is 0.321 e. The summed E-state index contributed by atoms with van der Waals surface area (Å²) in [7, 11) is 5.54. The van der Waals surface area contributed by atoms with Crippen LogP contribution in [0, 0.1) is 21.7 Å². The van der Waals surface area contributed by atoms with E-state index in [-0.39, 0.29) is 46.8 Å². The summed E-state index contributed by atoms with van der Waals surface area (Å²) in [4.78, 5) is 132. The molecule has 4 saturated heterocycles. The van der Waals surface area contributed by atoms with Crippen molar-refractivity contribution in [3.05, 3.63) is 286 Å². The highest BCUT2D eigenvalue weighted by Gasteiger charge is 2.71. The zero-order valence-electron chi connectivity index (χ0n) is 70.3. The molecular weight excluding hydrogens is 1510 g/mol. The van der Waals surface area contributed by atoms with Gasteiger partial charge in [0.25, 0.3) is 0 Å². The van der Waals surface area contributed by atoms with E-state index in [9.17, 15) is 38.4 Å². The van der Waals surface area contributed by atoms with Crippen molar-refractivity contribution in [1.29, 1.82) is 0 Å². The van der Waals surface area contributed by atoms with Crippen LogP contribution >= 0.6 is 0 Å². The summed E-state index contributed by atoms with van der Waals surface area (Å²) in [5, 5.41) is 4.35. The molecule has 4 aliphatic carbocycles. The number of nitrogens with zero attached hydrogens (tertiary/aromatic N) is 4. The second kappa shape index (κ2) is 30.2. The average Bonchev–Trinajstić information content (AvgIpc) is 1.42. The quantitative estimate of drug-likeness (QED) is 0.0504. The van der Waals surface area contributed by atoms with E-state index < -0.39 is 67.2 Å².